The van der Waals surface area contributed by atoms with E-state index in [1.165, 1.54) is 0 Å². The van der Waals surface area contributed by atoms with Crippen molar-refractivity contribution in [1.29, 1.82) is 0 Å². The molecule has 0 spiro atoms. The molecule has 0 heterocycles. The second-order valence-corrected chi connectivity index (χ2v) is 0.436. The molecule has 0 saturated heterocycles. The Morgan fingerprint density at radius 1 is 1.80 bits per heavy atom. The molecular formula is CH3ClO3. The van der Waals surface area contributed by atoms with Crippen molar-refractivity contribution < 1.29 is 14.4 Å². The first-order valence-electron chi connectivity index (χ1n) is 0.926. The van der Waals surface area contributed by atoms with E-state index in [0.29, 0.717) is 0 Å². The first-order chi connectivity index (χ1) is 2.41. The molecular weight excluding hydrogens is 95.5 g/mol. The minimum absolute atomic E-state index is 0.510. The number of rotatable bonds is 2. The summed E-state index contributed by atoms with van der Waals surface area (Å²) >= 11 is 4.42. The molecule has 0 amide bonds. The van der Waals surface area contributed by atoms with Gasteiger partial charge < -0.3 is 5.11 Å². The van der Waals surface area contributed by atoms with E-state index in [1.807, 2.05) is 0 Å². The Hall–Kier alpha value is 0.170. The highest BCUT2D eigenvalue weighted by molar-refractivity contribution is 6.06. The van der Waals surface area contributed by atoms with Gasteiger partial charge in [-0.05, 0) is 0 Å². The Bertz CT molecular complexity index is 14.4. The summed E-state index contributed by atoms with van der Waals surface area (Å²) in [5.74, 6) is 0. The standard InChI is InChI=1S/CH3ClO3/c2-5-4-1-3/h3H,1H2. The first-order valence-corrected chi connectivity index (χ1v) is 1.23. The Labute approximate surface area is 34.2 Å². The smallest absolute Gasteiger partial charge is 0.179 e. The molecule has 32 valence electrons. The van der Waals surface area contributed by atoms with E-state index in [4.69, 9.17) is 5.11 Å². The summed E-state index contributed by atoms with van der Waals surface area (Å²) in [6.45, 7) is -0.510. The van der Waals surface area contributed by atoms with Gasteiger partial charge in [0.2, 0.25) is 0 Å². The molecule has 0 aliphatic carbocycles. The normalized spacial score (nSPS) is 8.40. The van der Waals surface area contributed by atoms with Gasteiger partial charge >= 0.3 is 0 Å². The summed E-state index contributed by atoms with van der Waals surface area (Å²) in [4.78, 5) is 3.65. The predicted molar refractivity (Wildman–Crippen MR) is 15.1 cm³/mol. The van der Waals surface area contributed by atoms with Gasteiger partial charge in [-0.3, -0.25) is 0 Å². The third kappa shape index (κ3) is 4.17. The van der Waals surface area contributed by atoms with Gasteiger partial charge in [-0.2, -0.15) is 4.89 Å². The van der Waals surface area contributed by atoms with Crippen molar-refractivity contribution in [1.82, 2.24) is 0 Å². The lowest BCUT2D eigenvalue weighted by molar-refractivity contribution is -0.250. The average Bonchev–Trinajstić information content (AvgIpc) is 1.41. The molecule has 0 aromatic carbocycles. The molecule has 0 aliphatic heterocycles. The third-order valence-corrected chi connectivity index (χ3v) is 0.186. The number of hydrogen-bond acceptors (Lipinski definition) is 3. The largest absolute Gasteiger partial charge is 0.368 e. The highest BCUT2D eigenvalue weighted by atomic mass is 35.5. The van der Waals surface area contributed by atoms with Gasteiger partial charge in [0.15, 0.2) is 6.79 Å². The molecule has 0 aromatic rings. The van der Waals surface area contributed by atoms with Crippen molar-refractivity contribution in [2.75, 3.05) is 6.79 Å². The lowest BCUT2D eigenvalue weighted by Gasteiger charge is -1.81. The molecule has 0 fully saturated rings. The molecule has 0 bridgehead atoms. The van der Waals surface area contributed by atoms with E-state index in [1.54, 1.807) is 0 Å². The predicted octanol–water partition coefficient (Wildman–Crippen LogP) is 0.0382. The van der Waals surface area contributed by atoms with Crippen molar-refractivity contribution in [3.05, 3.63) is 0 Å². The van der Waals surface area contributed by atoms with Gasteiger partial charge in [0.25, 0.3) is 0 Å². The van der Waals surface area contributed by atoms with Gasteiger partial charge in [-0.1, -0.05) is 0 Å². The SMILES string of the molecule is OCOOCl. The van der Waals surface area contributed by atoms with Gasteiger partial charge in [-0.15, -0.1) is 4.44 Å². The Morgan fingerprint density at radius 2 is 2.40 bits per heavy atom. The van der Waals surface area contributed by atoms with E-state index in [9.17, 15) is 0 Å². The first kappa shape index (κ1) is 5.17. The average molecular weight is 98.5 g/mol. The summed E-state index contributed by atoms with van der Waals surface area (Å²) in [6.07, 6.45) is 0. The fourth-order valence-electron chi connectivity index (χ4n) is 0.0199. The monoisotopic (exact) mass is 98.0 g/mol. The molecule has 0 radical (unpaired) electrons. The third-order valence-electron chi connectivity index (χ3n) is 0.0972. The maximum absolute atomic E-state index is 7.63. The molecule has 0 aliphatic rings. The van der Waals surface area contributed by atoms with E-state index in [2.05, 4.69) is 21.2 Å². The molecule has 0 unspecified atom stereocenters. The van der Waals surface area contributed by atoms with E-state index in [0.717, 1.165) is 0 Å². The van der Waals surface area contributed by atoms with Crippen molar-refractivity contribution >= 4 is 11.9 Å². The van der Waals surface area contributed by atoms with Crippen molar-refractivity contribution in [3.8, 4) is 0 Å². The van der Waals surface area contributed by atoms with Gasteiger partial charge in [0.05, 0.1) is 0 Å². The lowest BCUT2D eigenvalue weighted by Crippen LogP contribution is -1.83. The quantitative estimate of drug-likeness (QED) is 0.301. The van der Waals surface area contributed by atoms with Gasteiger partial charge in [-0.25, -0.2) is 0 Å². The van der Waals surface area contributed by atoms with Crippen molar-refractivity contribution in [2.45, 2.75) is 0 Å². The Kier molecular flexibility index (Phi) is 4.31. The van der Waals surface area contributed by atoms with E-state index >= 15 is 0 Å². The van der Waals surface area contributed by atoms with Crippen LogP contribution < -0.4 is 0 Å². The van der Waals surface area contributed by atoms with Crippen LogP contribution in [0, 0.1) is 0 Å². The molecule has 0 aromatic heterocycles. The summed E-state index contributed by atoms with van der Waals surface area (Å²) in [7, 11) is 0. The topological polar surface area (TPSA) is 38.7 Å². The molecule has 0 rings (SSSR count). The lowest BCUT2D eigenvalue weighted by atomic mass is 11.5. The maximum Gasteiger partial charge on any atom is 0.179 e. The second-order valence-electron chi connectivity index (χ2n) is 0.310. The van der Waals surface area contributed by atoms with Gasteiger partial charge in [0, 0.05) is 0 Å². The van der Waals surface area contributed by atoms with Crippen LogP contribution in [-0.4, -0.2) is 11.9 Å². The summed E-state index contributed by atoms with van der Waals surface area (Å²) in [6, 6.07) is 0. The van der Waals surface area contributed by atoms with Crippen LogP contribution in [0.3, 0.4) is 0 Å². The number of hydrogen-bond donors (Lipinski definition) is 1. The van der Waals surface area contributed by atoms with Crippen LogP contribution in [0.2, 0.25) is 0 Å². The van der Waals surface area contributed by atoms with Crippen LogP contribution in [0.5, 0.6) is 0 Å². The summed E-state index contributed by atoms with van der Waals surface area (Å²) in [5, 5.41) is 7.63. The van der Waals surface area contributed by atoms with E-state index in [-0.39, 0.29) is 0 Å². The minimum atomic E-state index is -0.510. The summed E-state index contributed by atoms with van der Waals surface area (Å²) in [5.41, 5.74) is 0. The molecule has 5 heavy (non-hydrogen) atoms. The van der Waals surface area contributed by atoms with Crippen LogP contribution in [0.4, 0.5) is 0 Å². The van der Waals surface area contributed by atoms with Crippen LogP contribution in [-0.2, 0) is 9.33 Å². The van der Waals surface area contributed by atoms with Crippen LogP contribution in [0.1, 0.15) is 0 Å². The highest BCUT2D eigenvalue weighted by Crippen LogP contribution is 1.75. The minimum Gasteiger partial charge on any atom is -0.368 e. The zero-order valence-corrected chi connectivity index (χ0v) is 3.10. The van der Waals surface area contributed by atoms with Crippen LogP contribution >= 0.6 is 11.9 Å². The second kappa shape index (κ2) is 4.17. The Balaban J connectivity index is 2.19. The van der Waals surface area contributed by atoms with Crippen molar-refractivity contribution in [3.63, 3.8) is 0 Å². The number of aliphatic hydroxyl groups excluding tert-OH is 1. The number of aliphatic hydroxyl groups is 1. The molecule has 0 saturated carbocycles. The highest BCUT2D eigenvalue weighted by Gasteiger charge is 1.67. The molecule has 0 atom stereocenters. The number of halogens is 1. The molecule has 1 N–H and O–H groups in total. The van der Waals surface area contributed by atoms with Crippen LogP contribution in [0.25, 0.3) is 0 Å². The van der Waals surface area contributed by atoms with Crippen LogP contribution in [0.15, 0.2) is 0 Å². The Morgan fingerprint density at radius 3 is 2.40 bits per heavy atom. The fourth-order valence-corrected chi connectivity index (χ4v) is 0.0598. The van der Waals surface area contributed by atoms with Gasteiger partial charge in [0.1, 0.15) is 11.9 Å². The zero-order chi connectivity index (χ0) is 4.12. The van der Waals surface area contributed by atoms with E-state index < -0.39 is 6.79 Å². The molecule has 3 nitrogen and oxygen atoms in total. The molecule has 4 heteroatoms. The maximum atomic E-state index is 7.63. The fraction of sp³-hybridized carbons (Fsp3) is 1.00. The summed E-state index contributed by atoms with van der Waals surface area (Å²) < 4.78 is 3.41. The van der Waals surface area contributed by atoms with Crippen molar-refractivity contribution in [2.24, 2.45) is 0 Å². The zero-order valence-electron chi connectivity index (χ0n) is 2.35.